The first-order valence-corrected chi connectivity index (χ1v) is 12.9. The highest BCUT2D eigenvalue weighted by molar-refractivity contribution is 6.31. The van der Waals surface area contributed by atoms with Gasteiger partial charge in [0.15, 0.2) is 11.5 Å². The van der Waals surface area contributed by atoms with Crippen LogP contribution in [0.5, 0.6) is 17.2 Å². The number of carbonyl (C=O) groups is 3. The monoisotopic (exact) mass is 528 g/mol. The molecule has 8 heteroatoms. The third kappa shape index (κ3) is 6.84. The number of carbonyl (C=O) groups excluding carboxylic acids is 3. The highest BCUT2D eigenvalue weighted by atomic mass is 16.5. The molecule has 0 radical (unpaired) electrons. The minimum Gasteiger partial charge on any atom is -0.490 e. The molecule has 0 unspecified atom stereocenters. The second-order valence-electron chi connectivity index (χ2n) is 9.08. The summed E-state index contributed by atoms with van der Waals surface area (Å²) < 4.78 is 17.4. The zero-order chi connectivity index (χ0) is 27.8. The summed E-state index contributed by atoms with van der Waals surface area (Å²) in [5.74, 6) is 0.183. The van der Waals surface area contributed by atoms with Crippen molar-refractivity contribution in [1.29, 1.82) is 0 Å². The second-order valence-corrected chi connectivity index (χ2v) is 9.08. The molecule has 1 saturated heterocycles. The van der Waals surface area contributed by atoms with Gasteiger partial charge in [0.05, 0.1) is 19.8 Å². The van der Waals surface area contributed by atoms with Crippen molar-refractivity contribution in [2.45, 2.75) is 40.3 Å². The number of para-hydroxylation sites is 1. The molecule has 8 nitrogen and oxygen atoms in total. The molecule has 0 saturated carbocycles. The van der Waals surface area contributed by atoms with Crippen LogP contribution in [0.4, 0.5) is 4.79 Å². The topological polar surface area (TPSA) is 94.2 Å². The van der Waals surface area contributed by atoms with E-state index in [1.807, 2.05) is 51.1 Å². The van der Waals surface area contributed by atoms with Crippen LogP contribution in [0.3, 0.4) is 0 Å². The average molecular weight is 529 g/mol. The van der Waals surface area contributed by atoms with Crippen molar-refractivity contribution in [3.8, 4) is 17.2 Å². The molecule has 3 aromatic rings. The fourth-order valence-electron chi connectivity index (χ4n) is 4.00. The van der Waals surface area contributed by atoms with E-state index in [0.717, 1.165) is 22.4 Å². The van der Waals surface area contributed by atoms with Crippen LogP contribution in [0.15, 0.2) is 72.3 Å². The van der Waals surface area contributed by atoms with E-state index in [9.17, 15) is 14.4 Å². The molecule has 3 aromatic carbocycles. The molecule has 1 aliphatic heterocycles. The summed E-state index contributed by atoms with van der Waals surface area (Å²) in [6, 6.07) is 19.6. The Kier molecular flexibility index (Phi) is 8.99. The van der Waals surface area contributed by atoms with E-state index in [0.29, 0.717) is 48.2 Å². The quantitative estimate of drug-likeness (QED) is 0.264. The first-order chi connectivity index (χ1) is 18.9. The summed E-state index contributed by atoms with van der Waals surface area (Å²) in [4.78, 5) is 39.7. The number of aryl methyl sites for hydroxylation is 1. The van der Waals surface area contributed by atoms with Crippen molar-refractivity contribution in [1.82, 2.24) is 10.2 Å². The SMILES string of the molecule is CCCOc1ccc(CN2C(=O)NC(=O)/C(=C\c3ccccc3OCc3ccc(C)cc3)C2=O)cc1OCC. The van der Waals surface area contributed by atoms with E-state index in [2.05, 4.69) is 5.32 Å². The lowest BCUT2D eigenvalue weighted by Gasteiger charge is -2.27. The van der Waals surface area contributed by atoms with Crippen LogP contribution < -0.4 is 19.5 Å². The zero-order valence-electron chi connectivity index (χ0n) is 22.4. The molecule has 0 aromatic heterocycles. The molecule has 0 spiro atoms. The predicted molar refractivity (Wildman–Crippen MR) is 147 cm³/mol. The third-order valence-electron chi connectivity index (χ3n) is 6.03. The molecule has 1 fully saturated rings. The largest absolute Gasteiger partial charge is 0.490 e. The fourth-order valence-corrected chi connectivity index (χ4v) is 4.00. The highest BCUT2D eigenvalue weighted by Gasteiger charge is 2.36. The molecule has 0 aliphatic carbocycles. The van der Waals surface area contributed by atoms with E-state index in [1.54, 1.807) is 36.4 Å². The van der Waals surface area contributed by atoms with Gasteiger partial charge in [0.1, 0.15) is 17.9 Å². The number of barbiturate groups is 1. The average Bonchev–Trinajstić information content (AvgIpc) is 2.93. The summed E-state index contributed by atoms with van der Waals surface area (Å²) in [5.41, 5.74) is 3.19. The maximum absolute atomic E-state index is 13.4. The number of urea groups is 1. The Labute approximate surface area is 228 Å². The number of imide groups is 2. The maximum Gasteiger partial charge on any atom is 0.331 e. The summed E-state index contributed by atoms with van der Waals surface area (Å²) in [5, 5.41) is 2.27. The van der Waals surface area contributed by atoms with E-state index >= 15 is 0 Å². The van der Waals surface area contributed by atoms with Crippen molar-refractivity contribution in [2.24, 2.45) is 0 Å². The van der Waals surface area contributed by atoms with Gasteiger partial charge in [-0.2, -0.15) is 0 Å². The maximum atomic E-state index is 13.4. The van der Waals surface area contributed by atoms with Crippen molar-refractivity contribution in [2.75, 3.05) is 13.2 Å². The number of hydrogen-bond acceptors (Lipinski definition) is 6. The minimum atomic E-state index is -0.782. The lowest BCUT2D eigenvalue weighted by Crippen LogP contribution is -2.53. The molecule has 0 atom stereocenters. The van der Waals surface area contributed by atoms with Gasteiger partial charge in [-0.15, -0.1) is 0 Å². The Morgan fingerprint density at radius 3 is 2.31 bits per heavy atom. The number of hydrogen-bond donors (Lipinski definition) is 1. The summed E-state index contributed by atoms with van der Waals surface area (Å²) >= 11 is 0. The fraction of sp³-hybridized carbons (Fsp3) is 0.258. The van der Waals surface area contributed by atoms with Crippen molar-refractivity contribution in [3.05, 3.63) is 94.6 Å². The van der Waals surface area contributed by atoms with Gasteiger partial charge < -0.3 is 14.2 Å². The van der Waals surface area contributed by atoms with Crippen LogP contribution in [0.1, 0.15) is 42.5 Å². The molecular formula is C31H32N2O6. The Bertz CT molecular complexity index is 1380. The van der Waals surface area contributed by atoms with Gasteiger partial charge in [0, 0.05) is 5.56 Å². The van der Waals surface area contributed by atoms with Crippen molar-refractivity contribution < 1.29 is 28.6 Å². The van der Waals surface area contributed by atoms with Gasteiger partial charge in [-0.1, -0.05) is 61.0 Å². The van der Waals surface area contributed by atoms with E-state index in [4.69, 9.17) is 14.2 Å². The Hall–Kier alpha value is -4.59. The van der Waals surface area contributed by atoms with Crippen LogP contribution >= 0.6 is 0 Å². The predicted octanol–water partition coefficient (Wildman–Crippen LogP) is 5.42. The molecule has 1 heterocycles. The molecule has 202 valence electrons. The lowest BCUT2D eigenvalue weighted by molar-refractivity contribution is -0.130. The van der Waals surface area contributed by atoms with Crippen molar-refractivity contribution in [3.63, 3.8) is 0 Å². The van der Waals surface area contributed by atoms with Crippen LogP contribution in [0.2, 0.25) is 0 Å². The second kappa shape index (κ2) is 12.8. The van der Waals surface area contributed by atoms with Gasteiger partial charge in [-0.25, -0.2) is 4.79 Å². The first-order valence-electron chi connectivity index (χ1n) is 12.9. The van der Waals surface area contributed by atoms with Gasteiger partial charge >= 0.3 is 6.03 Å². The molecule has 1 aliphatic rings. The number of ether oxygens (including phenoxy) is 3. The number of nitrogens with one attached hydrogen (secondary N) is 1. The van der Waals surface area contributed by atoms with E-state index in [1.165, 1.54) is 6.08 Å². The van der Waals surface area contributed by atoms with Crippen LogP contribution in [-0.4, -0.2) is 36.0 Å². The molecular weight excluding hydrogens is 496 g/mol. The standard InChI is InChI=1S/C31H32N2O6/c1-4-16-38-27-15-14-23(17-28(27)37-5-2)19-33-30(35)25(29(34)32-31(33)36)18-24-8-6-7-9-26(24)39-20-22-12-10-21(3)11-13-22/h6-15,17-18H,4-5,16,19-20H2,1-3H3,(H,32,34,36)/b25-18+. The number of rotatable bonds is 11. The molecule has 4 amide bonds. The zero-order valence-corrected chi connectivity index (χ0v) is 22.4. The smallest absolute Gasteiger partial charge is 0.331 e. The summed E-state index contributed by atoms with van der Waals surface area (Å²) in [7, 11) is 0. The van der Waals surface area contributed by atoms with Crippen LogP contribution in [0.25, 0.3) is 6.08 Å². The van der Waals surface area contributed by atoms with Gasteiger partial charge in [-0.3, -0.25) is 19.8 Å². The summed E-state index contributed by atoms with van der Waals surface area (Å²) in [6.45, 7) is 7.14. The lowest BCUT2D eigenvalue weighted by atomic mass is 10.1. The van der Waals surface area contributed by atoms with Crippen LogP contribution in [-0.2, 0) is 22.7 Å². The normalized spacial score (nSPS) is 14.4. The van der Waals surface area contributed by atoms with E-state index in [-0.39, 0.29) is 12.1 Å². The Balaban J connectivity index is 1.56. The Morgan fingerprint density at radius 2 is 1.56 bits per heavy atom. The van der Waals surface area contributed by atoms with Gasteiger partial charge in [0.25, 0.3) is 11.8 Å². The molecule has 0 bridgehead atoms. The molecule has 1 N–H and O–H groups in total. The van der Waals surface area contributed by atoms with Gasteiger partial charge in [0.2, 0.25) is 0 Å². The van der Waals surface area contributed by atoms with Crippen molar-refractivity contribution >= 4 is 23.9 Å². The first kappa shape index (κ1) is 27.4. The van der Waals surface area contributed by atoms with Gasteiger partial charge in [-0.05, 0) is 55.7 Å². The highest BCUT2D eigenvalue weighted by Crippen LogP contribution is 2.30. The van der Waals surface area contributed by atoms with Crippen LogP contribution in [0, 0.1) is 6.92 Å². The molecule has 4 rings (SSSR count). The molecule has 39 heavy (non-hydrogen) atoms. The summed E-state index contributed by atoms with van der Waals surface area (Å²) in [6.07, 6.45) is 2.30. The minimum absolute atomic E-state index is 0.0466. The van der Waals surface area contributed by atoms with E-state index < -0.39 is 17.8 Å². The third-order valence-corrected chi connectivity index (χ3v) is 6.03. The number of amides is 4. The number of benzene rings is 3. The Morgan fingerprint density at radius 1 is 0.821 bits per heavy atom. The number of nitrogens with zero attached hydrogens (tertiary/aromatic N) is 1.